The van der Waals surface area contributed by atoms with Crippen molar-refractivity contribution in [1.82, 2.24) is 19.5 Å². The van der Waals surface area contributed by atoms with E-state index in [-0.39, 0.29) is 0 Å². The fourth-order valence-electron chi connectivity index (χ4n) is 11.3. The van der Waals surface area contributed by atoms with Crippen molar-refractivity contribution in [2.24, 2.45) is 0 Å². The summed E-state index contributed by atoms with van der Waals surface area (Å²) in [5, 5.41) is 2.01. The Balaban J connectivity index is 1.10. The fourth-order valence-corrected chi connectivity index (χ4v) is 21.3. The summed E-state index contributed by atoms with van der Waals surface area (Å²) in [7, 11) is 0. The zero-order chi connectivity index (χ0) is 52.4. The van der Waals surface area contributed by atoms with Gasteiger partial charge in [0.25, 0.3) is 0 Å². The van der Waals surface area contributed by atoms with E-state index in [4.69, 9.17) is 28.1 Å². The maximum atomic E-state index is 8.07. The zero-order valence-electron chi connectivity index (χ0n) is 42.2. The minimum atomic E-state index is -3.67. The van der Waals surface area contributed by atoms with E-state index in [0.717, 1.165) is 77.6 Å². The molecule has 11 aromatic carbocycles. The third kappa shape index (κ3) is 8.44. The maximum absolute atomic E-state index is 8.07. The number of aromatic nitrogens is 4. The second-order valence-corrected chi connectivity index (χ2v) is 27.2. The molecule has 0 aliphatic rings. The van der Waals surface area contributed by atoms with Crippen LogP contribution in [0.15, 0.2) is 279 Å². The Hall–Kier alpha value is -10.2. The van der Waals surface area contributed by atoms with Crippen LogP contribution in [0.2, 0.25) is 0 Å². The summed E-state index contributed by atoms with van der Waals surface area (Å²) in [6.45, 7) is 16.1. The van der Waals surface area contributed by atoms with Gasteiger partial charge in [0.2, 0.25) is 0 Å². The molecule has 78 heavy (non-hydrogen) atoms. The van der Waals surface area contributed by atoms with Crippen molar-refractivity contribution in [1.29, 1.82) is 0 Å². The molecule has 2 aromatic heterocycles. The quantitative estimate of drug-likeness (QED) is 0.0958. The third-order valence-corrected chi connectivity index (χ3v) is 24.9. The van der Waals surface area contributed by atoms with Gasteiger partial charge in [0.15, 0.2) is 11.4 Å². The molecule has 13 rings (SSSR count). The molecule has 0 bridgehead atoms. The topological polar surface area (TPSA) is 52.3 Å². The van der Waals surface area contributed by atoms with Gasteiger partial charge in [0.05, 0.1) is 13.1 Å². The van der Waals surface area contributed by atoms with Gasteiger partial charge in [-0.2, -0.15) is 0 Å². The molecule has 7 heteroatoms. The van der Waals surface area contributed by atoms with Crippen molar-refractivity contribution in [3.05, 3.63) is 302 Å². The average molecular weight is 1060 g/mol. The number of fused-ring (bicyclic) bond motifs is 3. The number of hydrogen-bond donors (Lipinski definition) is 0. The second kappa shape index (κ2) is 20.5. The number of hydrogen-bond acceptors (Lipinski definition) is 3. The SMILES string of the molecule is [C-]#[N+]c1ccccc1-c1ccc2c(c1)c1cc(-c3ccccc3[N+]#[C-])ccc1n2-c1ccc(-c2ccc[c]([Ge]([c]3ccccc3)([c]3ccccc3)[c]3ccccc3)c2)cc1-c1nc(-c2ccccc2)nc(-c2ccccc2)n1. The van der Waals surface area contributed by atoms with Crippen molar-refractivity contribution >= 4 is 64.0 Å². The monoisotopic (exact) mass is 1060 g/mol. The van der Waals surface area contributed by atoms with Crippen molar-refractivity contribution in [2.75, 3.05) is 0 Å². The van der Waals surface area contributed by atoms with E-state index in [1.807, 2.05) is 109 Å². The molecular formula is C71H46GeN6. The summed E-state index contributed by atoms with van der Waals surface area (Å²) >= 11 is -3.67. The molecule has 0 atom stereocenters. The van der Waals surface area contributed by atoms with Gasteiger partial charge in [0.1, 0.15) is 0 Å². The molecule has 0 radical (unpaired) electrons. The van der Waals surface area contributed by atoms with Crippen molar-refractivity contribution in [3.8, 4) is 73.2 Å². The van der Waals surface area contributed by atoms with Crippen molar-refractivity contribution in [3.63, 3.8) is 0 Å². The van der Waals surface area contributed by atoms with E-state index in [0.29, 0.717) is 28.8 Å². The van der Waals surface area contributed by atoms with E-state index in [1.54, 1.807) is 0 Å². The van der Waals surface area contributed by atoms with Crippen LogP contribution in [0.1, 0.15) is 0 Å². The molecule has 0 aliphatic carbocycles. The standard InChI is InChI=1S/C71H46GeN6/c1-73-64-37-20-18-35-59(64)53-40-43-66-61(47-53)62-48-54(60-36-19-21-38-65(60)74-2)41-44-67(62)78(66)68-42-39-52(46-63(68)71-76-69(49-23-8-3-9-24-49)75-70(77-71)50-25-10-4-11-26-50)51-27-22-34-58(45-51)72(55-28-12-5-13-29-55,56-30-14-6-15-31-56)57-32-16-7-17-33-57/h3-48H. The summed E-state index contributed by atoms with van der Waals surface area (Å²) in [4.78, 5) is 23.8. The van der Waals surface area contributed by atoms with Gasteiger partial charge >= 0.3 is 353 Å². The first-order valence-electron chi connectivity index (χ1n) is 25.9. The van der Waals surface area contributed by atoms with Crippen LogP contribution in [0.4, 0.5) is 11.4 Å². The van der Waals surface area contributed by atoms with Crippen LogP contribution >= 0.6 is 0 Å². The van der Waals surface area contributed by atoms with Crippen LogP contribution in [0, 0.1) is 13.1 Å². The van der Waals surface area contributed by atoms with Crippen LogP contribution in [-0.2, 0) is 0 Å². The van der Waals surface area contributed by atoms with E-state index < -0.39 is 13.3 Å². The minimum absolute atomic E-state index is 0.529. The summed E-state index contributed by atoms with van der Waals surface area (Å²) in [6.07, 6.45) is 0. The van der Waals surface area contributed by atoms with E-state index in [9.17, 15) is 0 Å². The van der Waals surface area contributed by atoms with Gasteiger partial charge in [-0.1, -0.05) is 60.7 Å². The van der Waals surface area contributed by atoms with Crippen LogP contribution in [-0.4, -0.2) is 32.8 Å². The van der Waals surface area contributed by atoms with Crippen molar-refractivity contribution < 1.29 is 0 Å². The molecule has 0 spiro atoms. The van der Waals surface area contributed by atoms with Crippen LogP contribution in [0.25, 0.3) is 105 Å². The molecule has 0 unspecified atom stereocenters. The Bertz CT molecular complexity index is 4180. The first kappa shape index (κ1) is 47.5. The molecule has 364 valence electrons. The molecule has 0 fully saturated rings. The first-order valence-corrected chi connectivity index (χ1v) is 30.1. The number of rotatable bonds is 11. The van der Waals surface area contributed by atoms with Gasteiger partial charge in [0, 0.05) is 0 Å². The molecule has 2 heterocycles. The van der Waals surface area contributed by atoms with E-state index in [2.05, 4.69) is 184 Å². The van der Waals surface area contributed by atoms with Gasteiger partial charge in [-0.3, -0.25) is 0 Å². The number of nitrogens with zero attached hydrogens (tertiary/aromatic N) is 6. The van der Waals surface area contributed by atoms with Gasteiger partial charge in [-0.15, -0.1) is 0 Å². The Morgan fingerprint density at radius 3 is 1.15 bits per heavy atom. The molecule has 0 amide bonds. The summed E-state index contributed by atoms with van der Waals surface area (Å²) in [6, 6.07) is 97.9. The molecule has 6 nitrogen and oxygen atoms in total. The third-order valence-electron chi connectivity index (χ3n) is 14.9. The Morgan fingerprint density at radius 1 is 0.295 bits per heavy atom. The summed E-state index contributed by atoms with van der Waals surface area (Å²) in [5.41, 5.74) is 12.3. The molecule has 0 saturated carbocycles. The zero-order valence-corrected chi connectivity index (χ0v) is 44.3. The number of benzene rings is 11. The average Bonchev–Trinajstić information content (AvgIpc) is 4.06. The normalized spacial score (nSPS) is 11.3. The predicted molar refractivity (Wildman–Crippen MR) is 323 cm³/mol. The summed E-state index contributed by atoms with van der Waals surface area (Å²) in [5.74, 6) is 1.66. The summed E-state index contributed by atoms with van der Waals surface area (Å²) < 4.78 is 7.69. The molecule has 0 N–H and O–H groups in total. The fraction of sp³-hybridized carbons (Fsp3) is 0. The van der Waals surface area contributed by atoms with Gasteiger partial charge in [-0.25, -0.2) is 9.69 Å². The molecule has 0 aliphatic heterocycles. The van der Waals surface area contributed by atoms with Crippen molar-refractivity contribution in [2.45, 2.75) is 0 Å². The van der Waals surface area contributed by atoms with Crippen LogP contribution in [0.3, 0.4) is 0 Å². The van der Waals surface area contributed by atoms with Gasteiger partial charge < -0.3 is 0 Å². The Kier molecular flexibility index (Phi) is 12.5. The molecular weight excluding hydrogens is 1010 g/mol. The Labute approximate surface area is 455 Å². The second-order valence-electron chi connectivity index (χ2n) is 19.3. The predicted octanol–water partition coefficient (Wildman–Crippen LogP) is 15.4. The van der Waals surface area contributed by atoms with E-state index >= 15 is 0 Å². The Morgan fingerprint density at radius 2 is 0.679 bits per heavy atom. The van der Waals surface area contributed by atoms with E-state index in [1.165, 1.54) is 17.6 Å². The van der Waals surface area contributed by atoms with Crippen LogP contribution in [0.5, 0.6) is 0 Å². The molecule has 0 saturated heterocycles. The number of para-hydroxylation sites is 2. The molecule has 13 aromatic rings. The first-order chi connectivity index (χ1) is 38.6. The van der Waals surface area contributed by atoms with Gasteiger partial charge in [-0.05, 0) is 11.1 Å². The van der Waals surface area contributed by atoms with Crippen LogP contribution < -0.4 is 17.6 Å².